The highest BCUT2D eigenvalue weighted by atomic mass is 32.1. The molecule has 3 aromatic rings. The Morgan fingerprint density at radius 1 is 1.13 bits per heavy atom. The zero-order chi connectivity index (χ0) is 21.6. The van der Waals surface area contributed by atoms with E-state index in [-0.39, 0.29) is 5.91 Å². The van der Waals surface area contributed by atoms with Gasteiger partial charge in [0.1, 0.15) is 0 Å². The molecule has 2 aromatic heterocycles. The largest absolute Gasteiger partial charge is 0.379 e. The lowest BCUT2D eigenvalue weighted by Gasteiger charge is -2.27. The third-order valence-electron chi connectivity index (χ3n) is 5.13. The Kier molecular flexibility index (Phi) is 7.08. The van der Waals surface area contributed by atoms with Crippen LogP contribution < -0.4 is 10.6 Å². The summed E-state index contributed by atoms with van der Waals surface area (Å²) < 4.78 is 5.41. The summed E-state index contributed by atoms with van der Waals surface area (Å²) >= 11 is 2.89. The third kappa shape index (κ3) is 5.37. The monoisotopic (exact) mass is 456 g/mol. The minimum atomic E-state index is -0.460. The molecule has 2 N–H and O–H groups in total. The number of benzene rings is 1. The van der Waals surface area contributed by atoms with Crippen molar-refractivity contribution in [1.29, 1.82) is 0 Å². The van der Waals surface area contributed by atoms with E-state index in [2.05, 4.69) is 4.90 Å². The van der Waals surface area contributed by atoms with Crippen molar-refractivity contribution in [2.75, 3.05) is 44.3 Å². The standard InChI is InChI=1S/C22H24N4O3S2/c23-20(27)17-6-4-16(5-7-17)18-15-31-22(24-18)26(21(28)19-3-1-14-30-19)9-2-8-25-10-12-29-13-11-25/h1,3-7,14-15H,2,8-13H2,(H2,23,27). The average Bonchev–Trinajstić information content (AvgIpc) is 3.50. The SMILES string of the molecule is NC(=O)c1ccc(-c2csc(N(CCCN3CCOCC3)C(=O)c3cccs3)n2)cc1. The normalized spacial score (nSPS) is 14.5. The summed E-state index contributed by atoms with van der Waals surface area (Å²) in [5, 5.41) is 4.52. The van der Waals surface area contributed by atoms with E-state index in [1.807, 2.05) is 35.0 Å². The molecule has 0 spiro atoms. The van der Waals surface area contributed by atoms with E-state index in [1.165, 1.54) is 22.7 Å². The van der Waals surface area contributed by atoms with Gasteiger partial charge in [-0.25, -0.2) is 4.98 Å². The van der Waals surface area contributed by atoms with E-state index < -0.39 is 5.91 Å². The molecule has 0 aliphatic carbocycles. The van der Waals surface area contributed by atoms with Crippen molar-refractivity contribution in [2.24, 2.45) is 5.73 Å². The molecule has 1 aliphatic heterocycles. The van der Waals surface area contributed by atoms with Crippen LogP contribution in [0.4, 0.5) is 5.13 Å². The smallest absolute Gasteiger partial charge is 0.270 e. The van der Waals surface area contributed by atoms with E-state index in [4.69, 9.17) is 15.5 Å². The van der Waals surface area contributed by atoms with Crippen LogP contribution in [-0.2, 0) is 4.74 Å². The van der Waals surface area contributed by atoms with Gasteiger partial charge in [0.2, 0.25) is 5.91 Å². The average molecular weight is 457 g/mol. The Bertz CT molecular complexity index is 1010. The summed E-state index contributed by atoms with van der Waals surface area (Å²) in [6.45, 7) is 4.92. The number of morpholine rings is 1. The number of anilines is 1. The summed E-state index contributed by atoms with van der Waals surface area (Å²) in [4.78, 5) is 34.0. The summed E-state index contributed by atoms with van der Waals surface area (Å²) in [6.07, 6.45) is 0.860. The van der Waals surface area contributed by atoms with Crippen LogP contribution in [0.15, 0.2) is 47.2 Å². The second-order valence-electron chi connectivity index (χ2n) is 7.20. The van der Waals surface area contributed by atoms with Gasteiger partial charge >= 0.3 is 0 Å². The summed E-state index contributed by atoms with van der Waals surface area (Å²) in [5.41, 5.74) is 7.43. The lowest BCUT2D eigenvalue weighted by molar-refractivity contribution is 0.0376. The molecular formula is C22H24N4O3S2. The predicted molar refractivity (Wildman–Crippen MR) is 124 cm³/mol. The van der Waals surface area contributed by atoms with Crippen LogP contribution in [0.2, 0.25) is 0 Å². The summed E-state index contributed by atoms with van der Waals surface area (Å²) in [7, 11) is 0. The van der Waals surface area contributed by atoms with Gasteiger partial charge in [0.15, 0.2) is 5.13 Å². The van der Waals surface area contributed by atoms with Gasteiger partial charge in [-0.2, -0.15) is 0 Å². The quantitative estimate of drug-likeness (QED) is 0.562. The molecule has 1 fully saturated rings. The topological polar surface area (TPSA) is 88.8 Å². The first-order valence-corrected chi connectivity index (χ1v) is 11.9. The second-order valence-corrected chi connectivity index (χ2v) is 8.98. The van der Waals surface area contributed by atoms with E-state index >= 15 is 0 Å². The molecular weight excluding hydrogens is 432 g/mol. The molecule has 9 heteroatoms. The van der Waals surface area contributed by atoms with Gasteiger partial charge in [-0.05, 0) is 30.0 Å². The van der Waals surface area contributed by atoms with E-state index in [1.54, 1.807) is 17.0 Å². The molecule has 1 aliphatic rings. The van der Waals surface area contributed by atoms with Crippen molar-refractivity contribution >= 4 is 39.6 Å². The molecule has 3 heterocycles. The van der Waals surface area contributed by atoms with E-state index in [9.17, 15) is 9.59 Å². The van der Waals surface area contributed by atoms with Crippen molar-refractivity contribution in [3.63, 3.8) is 0 Å². The number of amides is 2. The molecule has 0 saturated carbocycles. The highest BCUT2D eigenvalue weighted by Crippen LogP contribution is 2.29. The van der Waals surface area contributed by atoms with Crippen molar-refractivity contribution < 1.29 is 14.3 Å². The minimum Gasteiger partial charge on any atom is -0.379 e. The molecule has 1 saturated heterocycles. The maximum atomic E-state index is 13.2. The fourth-order valence-corrected chi connectivity index (χ4v) is 4.95. The highest BCUT2D eigenvalue weighted by molar-refractivity contribution is 7.14. The number of carbonyl (C=O) groups excluding carboxylic acids is 2. The molecule has 1 aromatic carbocycles. The number of aromatic nitrogens is 1. The van der Waals surface area contributed by atoms with E-state index in [0.717, 1.165) is 50.5 Å². The number of nitrogens with zero attached hydrogens (tertiary/aromatic N) is 3. The molecule has 0 unspecified atom stereocenters. The van der Waals surface area contributed by atoms with Crippen LogP contribution in [0.1, 0.15) is 26.5 Å². The maximum absolute atomic E-state index is 13.2. The Morgan fingerprint density at radius 2 is 1.90 bits per heavy atom. The lowest BCUT2D eigenvalue weighted by Crippen LogP contribution is -2.39. The first-order valence-electron chi connectivity index (χ1n) is 10.1. The highest BCUT2D eigenvalue weighted by Gasteiger charge is 2.22. The fraction of sp³-hybridized carbons (Fsp3) is 0.318. The van der Waals surface area contributed by atoms with E-state index in [0.29, 0.717) is 22.1 Å². The number of primary amides is 1. The Labute approximate surface area is 189 Å². The zero-order valence-electron chi connectivity index (χ0n) is 17.0. The predicted octanol–water partition coefficient (Wildman–Crippen LogP) is 3.34. The number of carbonyl (C=O) groups is 2. The van der Waals surface area contributed by atoms with Crippen molar-refractivity contribution in [3.05, 3.63) is 57.6 Å². The summed E-state index contributed by atoms with van der Waals surface area (Å²) in [6, 6.07) is 10.8. The van der Waals surface area contributed by atoms with Crippen molar-refractivity contribution in [1.82, 2.24) is 9.88 Å². The van der Waals surface area contributed by atoms with Gasteiger partial charge in [-0.15, -0.1) is 22.7 Å². The summed E-state index contributed by atoms with van der Waals surface area (Å²) in [5.74, 6) is -0.486. The Morgan fingerprint density at radius 3 is 2.58 bits per heavy atom. The van der Waals surface area contributed by atoms with Crippen LogP contribution in [0, 0.1) is 0 Å². The fourth-order valence-electron chi connectivity index (χ4n) is 3.42. The van der Waals surface area contributed by atoms with Crippen LogP contribution in [0.5, 0.6) is 0 Å². The molecule has 0 atom stereocenters. The Hall–Kier alpha value is -2.59. The van der Waals surface area contributed by atoms with Crippen LogP contribution in [0.25, 0.3) is 11.3 Å². The number of nitrogens with two attached hydrogens (primary N) is 1. The van der Waals surface area contributed by atoms with Crippen molar-refractivity contribution in [3.8, 4) is 11.3 Å². The number of hydrogen-bond acceptors (Lipinski definition) is 7. The molecule has 2 amide bonds. The van der Waals surface area contributed by atoms with Gasteiger partial charge < -0.3 is 10.5 Å². The van der Waals surface area contributed by atoms with Gasteiger partial charge in [-0.1, -0.05) is 18.2 Å². The number of thiazole rings is 1. The molecule has 162 valence electrons. The molecule has 0 bridgehead atoms. The number of ether oxygens (including phenoxy) is 1. The first-order chi connectivity index (χ1) is 15.1. The number of hydrogen-bond donors (Lipinski definition) is 1. The maximum Gasteiger partial charge on any atom is 0.270 e. The van der Waals surface area contributed by atoms with Gasteiger partial charge in [0.05, 0.1) is 23.8 Å². The number of rotatable bonds is 8. The number of thiophene rings is 1. The van der Waals surface area contributed by atoms with Crippen LogP contribution >= 0.6 is 22.7 Å². The molecule has 4 rings (SSSR count). The zero-order valence-corrected chi connectivity index (χ0v) is 18.7. The first kappa shape index (κ1) is 21.6. The minimum absolute atomic E-state index is 0.0260. The van der Waals surface area contributed by atoms with Gasteiger partial charge in [0, 0.05) is 42.7 Å². The van der Waals surface area contributed by atoms with Gasteiger partial charge in [0.25, 0.3) is 5.91 Å². The molecule has 7 nitrogen and oxygen atoms in total. The van der Waals surface area contributed by atoms with Crippen LogP contribution in [-0.4, -0.2) is 61.1 Å². The second kappa shape index (κ2) is 10.1. The molecule has 31 heavy (non-hydrogen) atoms. The Balaban J connectivity index is 1.50. The molecule has 0 radical (unpaired) electrons. The van der Waals surface area contributed by atoms with Crippen LogP contribution in [0.3, 0.4) is 0 Å². The lowest BCUT2D eigenvalue weighted by atomic mass is 10.1. The third-order valence-corrected chi connectivity index (χ3v) is 6.85. The van der Waals surface area contributed by atoms with Gasteiger partial charge in [-0.3, -0.25) is 19.4 Å². The van der Waals surface area contributed by atoms with Crippen molar-refractivity contribution in [2.45, 2.75) is 6.42 Å².